The van der Waals surface area contributed by atoms with Crippen molar-refractivity contribution in [2.75, 3.05) is 32.6 Å². The Labute approximate surface area is 165 Å². The fourth-order valence-corrected chi connectivity index (χ4v) is 2.85. The summed E-state index contributed by atoms with van der Waals surface area (Å²) in [6, 6.07) is 7.34. The van der Waals surface area contributed by atoms with Crippen molar-refractivity contribution in [1.29, 1.82) is 0 Å². The van der Waals surface area contributed by atoms with Crippen LogP contribution in [0, 0.1) is 5.41 Å². The Morgan fingerprint density at radius 1 is 1.22 bits per heavy atom. The van der Waals surface area contributed by atoms with Crippen LogP contribution in [0.4, 0.5) is 0 Å². The van der Waals surface area contributed by atoms with Crippen LogP contribution in [0.5, 0.6) is 5.75 Å². The number of carbonyl (C=O) groups is 2. The van der Waals surface area contributed by atoms with Gasteiger partial charge in [0.1, 0.15) is 11.9 Å². The molecule has 2 rings (SSSR count). The Hall–Kier alpha value is -1.77. The zero-order valence-corrected chi connectivity index (χ0v) is 16.9. The third-order valence-corrected chi connectivity index (χ3v) is 4.51. The van der Waals surface area contributed by atoms with Gasteiger partial charge in [-0.1, -0.05) is 26.0 Å². The molecule has 1 aromatic rings. The van der Waals surface area contributed by atoms with Gasteiger partial charge in [0.15, 0.2) is 6.29 Å². The monoisotopic (exact) mass is 396 g/mol. The van der Waals surface area contributed by atoms with Crippen LogP contribution >= 0.6 is 12.6 Å². The molecule has 1 aromatic carbocycles. The van der Waals surface area contributed by atoms with Crippen LogP contribution in [0.1, 0.15) is 32.1 Å². The molecule has 1 aliphatic heterocycles. The average Bonchev–Trinajstić information content (AvgIpc) is 2.66. The van der Waals surface area contributed by atoms with Crippen molar-refractivity contribution in [3.8, 4) is 5.75 Å². The summed E-state index contributed by atoms with van der Waals surface area (Å²) in [5.74, 6) is 0.950. The number of ether oxygens (including phenoxy) is 3. The van der Waals surface area contributed by atoms with Crippen molar-refractivity contribution in [1.82, 2.24) is 10.6 Å². The zero-order chi connectivity index (χ0) is 19.9. The number of amides is 2. The van der Waals surface area contributed by atoms with E-state index in [2.05, 4.69) is 23.3 Å². The summed E-state index contributed by atoms with van der Waals surface area (Å²) in [6.45, 7) is 4.97. The largest absolute Gasteiger partial charge is 0.497 e. The molecule has 0 aromatic heterocycles. The summed E-state index contributed by atoms with van der Waals surface area (Å²) in [7, 11) is 1.60. The Balaban J connectivity index is 1.93. The third-order valence-electron chi connectivity index (χ3n) is 4.29. The summed E-state index contributed by atoms with van der Waals surface area (Å²) in [4.78, 5) is 24.2. The first-order valence-corrected chi connectivity index (χ1v) is 9.57. The molecule has 2 atom stereocenters. The van der Waals surface area contributed by atoms with Crippen LogP contribution in [-0.4, -0.2) is 50.5 Å². The first-order valence-electron chi connectivity index (χ1n) is 8.93. The van der Waals surface area contributed by atoms with Gasteiger partial charge in [0.25, 0.3) is 0 Å². The van der Waals surface area contributed by atoms with Gasteiger partial charge in [0, 0.05) is 36.2 Å². The lowest BCUT2D eigenvalue weighted by molar-refractivity contribution is -0.258. The maximum Gasteiger partial charge on any atom is 0.249 e. The maximum atomic E-state index is 12.6. The van der Waals surface area contributed by atoms with E-state index in [1.807, 2.05) is 38.1 Å². The van der Waals surface area contributed by atoms with E-state index in [-0.39, 0.29) is 24.8 Å². The van der Waals surface area contributed by atoms with Gasteiger partial charge in [-0.25, -0.2) is 0 Å². The minimum atomic E-state index is -0.682. The van der Waals surface area contributed by atoms with Gasteiger partial charge < -0.3 is 24.8 Å². The first kappa shape index (κ1) is 21.5. The van der Waals surface area contributed by atoms with Gasteiger partial charge in [0.2, 0.25) is 11.8 Å². The number of carbonyl (C=O) groups excluding carboxylic acids is 2. The lowest BCUT2D eigenvalue weighted by Gasteiger charge is -2.41. The maximum absolute atomic E-state index is 12.6. The molecule has 7 nitrogen and oxygen atoms in total. The molecular weight excluding hydrogens is 368 g/mol. The van der Waals surface area contributed by atoms with Crippen LogP contribution in [0.25, 0.3) is 0 Å². The van der Waals surface area contributed by atoms with E-state index in [4.69, 9.17) is 14.2 Å². The third kappa shape index (κ3) is 6.12. The number of nitrogens with one attached hydrogen (secondary N) is 2. The lowest BCUT2D eigenvalue weighted by atomic mass is 9.85. The van der Waals surface area contributed by atoms with Gasteiger partial charge in [-0.15, -0.1) is 0 Å². The highest BCUT2D eigenvalue weighted by Gasteiger charge is 2.43. The highest BCUT2D eigenvalue weighted by molar-refractivity contribution is 7.80. The predicted octanol–water partition coefficient (Wildman–Crippen LogP) is 1.69. The van der Waals surface area contributed by atoms with Crippen LogP contribution in [0.3, 0.4) is 0 Å². The van der Waals surface area contributed by atoms with Gasteiger partial charge in [0.05, 0.1) is 13.7 Å². The summed E-state index contributed by atoms with van der Waals surface area (Å²) >= 11 is 4.04. The number of hydrogen-bond acceptors (Lipinski definition) is 6. The molecule has 1 heterocycles. The smallest absolute Gasteiger partial charge is 0.249 e. The van der Waals surface area contributed by atoms with Crippen molar-refractivity contribution >= 4 is 24.4 Å². The van der Waals surface area contributed by atoms with E-state index >= 15 is 0 Å². The van der Waals surface area contributed by atoms with Gasteiger partial charge in [-0.2, -0.15) is 12.6 Å². The van der Waals surface area contributed by atoms with Crippen LogP contribution < -0.4 is 15.4 Å². The Bertz CT molecular complexity index is 635. The predicted molar refractivity (Wildman–Crippen MR) is 105 cm³/mol. The second-order valence-corrected chi connectivity index (χ2v) is 7.48. The Morgan fingerprint density at radius 3 is 2.56 bits per heavy atom. The van der Waals surface area contributed by atoms with E-state index < -0.39 is 17.8 Å². The second-order valence-electron chi connectivity index (χ2n) is 7.04. The van der Waals surface area contributed by atoms with E-state index in [1.165, 1.54) is 0 Å². The van der Waals surface area contributed by atoms with Gasteiger partial charge in [-0.05, 0) is 12.1 Å². The van der Waals surface area contributed by atoms with E-state index in [1.54, 1.807) is 7.11 Å². The molecule has 2 unspecified atom stereocenters. The van der Waals surface area contributed by atoms with E-state index in [9.17, 15) is 9.59 Å². The molecule has 8 heteroatoms. The molecule has 0 radical (unpaired) electrons. The number of methoxy groups -OCH3 is 1. The number of benzene rings is 1. The fraction of sp³-hybridized carbons (Fsp3) is 0.579. The molecular formula is C19H28N2O5S. The molecule has 1 fully saturated rings. The van der Waals surface area contributed by atoms with Crippen LogP contribution in [-0.2, 0) is 19.1 Å². The molecule has 0 saturated carbocycles. The average molecular weight is 397 g/mol. The zero-order valence-electron chi connectivity index (χ0n) is 16.0. The minimum absolute atomic E-state index is 0.118. The molecule has 1 aliphatic rings. The summed E-state index contributed by atoms with van der Waals surface area (Å²) in [5, 5.41) is 5.50. The molecule has 150 valence electrons. The Kier molecular flexibility index (Phi) is 7.94. The van der Waals surface area contributed by atoms with E-state index in [0.717, 1.165) is 11.3 Å². The normalized spacial score (nSPS) is 21.3. The van der Waals surface area contributed by atoms with Crippen molar-refractivity contribution in [3.63, 3.8) is 0 Å². The van der Waals surface area contributed by atoms with Crippen molar-refractivity contribution < 1.29 is 23.8 Å². The first-order chi connectivity index (χ1) is 12.9. The molecule has 27 heavy (non-hydrogen) atoms. The quantitative estimate of drug-likeness (QED) is 0.582. The highest BCUT2D eigenvalue weighted by Crippen LogP contribution is 2.36. The van der Waals surface area contributed by atoms with Crippen molar-refractivity contribution in [2.45, 2.75) is 32.7 Å². The fourth-order valence-electron chi connectivity index (χ4n) is 2.74. The molecule has 2 amide bonds. The summed E-state index contributed by atoms with van der Waals surface area (Å²) in [6.07, 6.45) is -1.09. The van der Waals surface area contributed by atoms with Gasteiger partial charge >= 0.3 is 0 Å². The number of hydrogen-bond donors (Lipinski definition) is 3. The number of rotatable bonds is 8. The highest BCUT2D eigenvalue weighted by atomic mass is 32.1. The lowest BCUT2D eigenvalue weighted by Crippen LogP contribution is -2.52. The summed E-state index contributed by atoms with van der Waals surface area (Å²) < 4.78 is 16.9. The molecule has 2 N–H and O–H groups in total. The van der Waals surface area contributed by atoms with Crippen LogP contribution in [0.2, 0.25) is 0 Å². The topological polar surface area (TPSA) is 85.9 Å². The SMILES string of the molecule is COc1ccc(C2OCC(C)(C)C(C(=O)NCCC(=O)NCCS)O2)cc1. The van der Waals surface area contributed by atoms with Crippen molar-refractivity contribution in [2.24, 2.45) is 5.41 Å². The number of thiol groups is 1. The molecule has 0 aliphatic carbocycles. The van der Waals surface area contributed by atoms with Crippen molar-refractivity contribution in [3.05, 3.63) is 29.8 Å². The second kappa shape index (κ2) is 9.96. The van der Waals surface area contributed by atoms with Gasteiger partial charge in [-0.3, -0.25) is 9.59 Å². The van der Waals surface area contributed by atoms with Crippen LogP contribution in [0.15, 0.2) is 24.3 Å². The summed E-state index contributed by atoms with van der Waals surface area (Å²) in [5.41, 5.74) is 0.330. The molecule has 0 bridgehead atoms. The standard InChI is InChI=1S/C19H28N2O5S/c1-19(2)12-25-18(13-4-6-14(24-3)7-5-13)26-16(19)17(23)21-9-8-15(22)20-10-11-27/h4-7,16,18,27H,8-12H2,1-3H3,(H,20,22)(H,21,23). The Morgan fingerprint density at radius 2 is 1.93 bits per heavy atom. The molecule has 0 spiro atoms. The molecule has 1 saturated heterocycles. The minimum Gasteiger partial charge on any atom is -0.497 e. The van der Waals surface area contributed by atoms with E-state index in [0.29, 0.717) is 18.9 Å².